The van der Waals surface area contributed by atoms with Crippen LogP contribution in [0.4, 0.5) is 0 Å². The second-order valence-corrected chi connectivity index (χ2v) is 4.79. The molecule has 1 aliphatic rings. The van der Waals surface area contributed by atoms with Crippen molar-refractivity contribution in [2.45, 2.75) is 32.6 Å². The molecule has 1 rings (SSSR count). The van der Waals surface area contributed by atoms with Crippen LogP contribution in [-0.2, 0) is 9.59 Å². The Labute approximate surface area is 101 Å². The van der Waals surface area contributed by atoms with Gasteiger partial charge in [-0.15, -0.1) is 11.8 Å². The van der Waals surface area contributed by atoms with Gasteiger partial charge in [0.1, 0.15) is 0 Å². The predicted octanol–water partition coefficient (Wildman–Crippen LogP) is 2.22. The minimum atomic E-state index is 0.0598. The molecule has 90 valence electrons. The normalized spacial score (nSPS) is 18.5. The second kappa shape index (κ2) is 6.74. The summed E-state index contributed by atoms with van der Waals surface area (Å²) in [5.74, 6) is 0.187. The van der Waals surface area contributed by atoms with E-state index in [-0.39, 0.29) is 18.2 Å². The van der Waals surface area contributed by atoms with Gasteiger partial charge >= 0.3 is 0 Å². The molecule has 0 N–H and O–H groups in total. The summed E-state index contributed by atoms with van der Waals surface area (Å²) in [6.45, 7) is 2.79. The highest BCUT2D eigenvalue weighted by molar-refractivity contribution is 8.01. The quantitative estimate of drug-likeness (QED) is 0.708. The molecule has 4 heteroatoms. The number of carbonyl (C=O) groups is 2. The summed E-state index contributed by atoms with van der Waals surface area (Å²) in [5.41, 5.74) is 0.740. The summed E-state index contributed by atoms with van der Waals surface area (Å²) in [6.07, 6.45) is 5.59. The fraction of sp³-hybridized carbons (Fsp3) is 0.667. The number of amides is 1. The van der Waals surface area contributed by atoms with E-state index in [0.717, 1.165) is 31.4 Å². The van der Waals surface area contributed by atoms with Crippen molar-refractivity contribution in [3.8, 4) is 0 Å². The molecule has 0 radical (unpaired) electrons. The second-order valence-electron chi connectivity index (χ2n) is 4.09. The number of hydrogen-bond donors (Lipinski definition) is 0. The molecule has 1 fully saturated rings. The zero-order valence-electron chi connectivity index (χ0n) is 9.99. The van der Waals surface area contributed by atoms with E-state index in [1.165, 1.54) is 11.8 Å². The van der Waals surface area contributed by atoms with E-state index in [4.69, 9.17) is 0 Å². The number of Topliss-reactive ketones (excluding diaryl/α,β-unsaturated/α-hetero) is 1. The Balaban J connectivity index is 2.54. The summed E-state index contributed by atoms with van der Waals surface area (Å²) >= 11 is 1.52. The minimum Gasteiger partial charge on any atom is -0.335 e. The van der Waals surface area contributed by atoms with Gasteiger partial charge in [0.05, 0.1) is 6.54 Å². The third-order valence-electron chi connectivity index (χ3n) is 2.74. The average molecular weight is 241 g/mol. The van der Waals surface area contributed by atoms with Crippen molar-refractivity contribution >= 4 is 23.5 Å². The van der Waals surface area contributed by atoms with Gasteiger partial charge in [-0.3, -0.25) is 9.59 Å². The maximum atomic E-state index is 11.8. The van der Waals surface area contributed by atoms with Gasteiger partial charge < -0.3 is 4.90 Å². The molecule has 0 atom stereocenters. The molecule has 0 unspecified atom stereocenters. The third kappa shape index (κ3) is 4.00. The van der Waals surface area contributed by atoms with Crippen LogP contribution < -0.4 is 0 Å². The molecule has 3 nitrogen and oxygen atoms in total. The van der Waals surface area contributed by atoms with Crippen LogP contribution in [0.2, 0.25) is 0 Å². The Morgan fingerprint density at radius 2 is 2.19 bits per heavy atom. The lowest BCUT2D eigenvalue weighted by Gasteiger charge is -2.19. The van der Waals surface area contributed by atoms with Crippen molar-refractivity contribution in [1.82, 2.24) is 4.90 Å². The molecule has 1 saturated heterocycles. The Bertz CT molecular complexity index is 299. The molecule has 0 saturated carbocycles. The van der Waals surface area contributed by atoms with Crippen LogP contribution in [0.25, 0.3) is 0 Å². The van der Waals surface area contributed by atoms with Crippen molar-refractivity contribution in [3.63, 3.8) is 0 Å². The van der Waals surface area contributed by atoms with Crippen molar-refractivity contribution in [1.29, 1.82) is 0 Å². The van der Waals surface area contributed by atoms with Crippen molar-refractivity contribution in [3.05, 3.63) is 11.0 Å². The molecule has 1 amide bonds. The van der Waals surface area contributed by atoms with Crippen LogP contribution in [0.3, 0.4) is 0 Å². The smallest absolute Gasteiger partial charge is 0.222 e. The molecule has 0 aliphatic carbocycles. The van der Waals surface area contributed by atoms with Gasteiger partial charge in [-0.1, -0.05) is 6.42 Å². The molecule has 0 aromatic rings. The lowest BCUT2D eigenvalue weighted by Crippen LogP contribution is -2.35. The first-order chi connectivity index (χ1) is 7.65. The van der Waals surface area contributed by atoms with Gasteiger partial charge in [0, 0.05) is 18.5 Å². The molecule has 0 bridgehead atoms. The van der Waals surface area contributed by atoms with Crippen molar-refractivity contribution in [2.75, 3.05) is 19.3 Å². The largest absolute Gasteiger partial charge is 0.335 e. The molecular weight excluding hydrogens is 222 g/mol. The van der Waals surface area contributed by atoms with E-state index in [0.29, 0.717) is 6.42 Å². The Kier molecular flexibility index (Phi) is 5.60. The van der Waals surface area contributed by atoms with E-state index < -0.39 is 0 Å². The summed E-state index contributed by atoms with van der Waals surface area (Å²) in [6, 6.07) is 0. The van der Waals surface area contributed by atoms with E-state index in [2.05, 4.69) is 0 Å². The van der Waals surface area contributed by atoms with E-state index in [9.17, 15) is 9.59 Å². The van der Waals surface area contributed by atoms with Crippen LogP contribution in [-0.4, -0.2) is 35.9 Å². The number of rotatable bonds is 4. The monoisotopic (exact) mass is 241 g/mol. The lowest BCUT2D eigenvalue weighted by atomic mass is 10.2. The molecular formula is C12H19NO2S. The van der Waals surface area contributed by atoms with Gasteiger partial charge in [-0.25, -0.2) is 0 Å². The van der Waals surface area contributed by atoms with E-state index >= 15 is 0 Å². The predicted molar refractivity (Wildman–Crippen MR) is 67.3 cm³/mol. The fourth-order valence-corrected chi connectivity index (χ4v) is 2.23. The first kappa shape index (κ1) is 13.3. The average Bonchev–Trinajstić information content (AvgIpc) is 2.45. The van der Waals surface area contributed by atoms with E-state index in [1.54, 1.807) is 11.8 Å². The number of hydrogen-bond acceptors (Lipinski definition) is 3. The van der Waals surface area contributed by atoms with Crippen LogP contribution in [0.5, 0.6) is 0 Å². The molecule has 0 spiro atoms. The molecule has 0 aromatic carbocycles. The number of carbonyl (C=O) groups excluding carboxylic acids is 2. The summed E-state index contributed by atoms with van der Waals surface area (Å²) in [7, 11) is 0. The van der Waals surface area contributed by atoms with Crippen LogP contribution in [0.1, 0.15) is 32.6 Å². The standard InChI is InChI=1S/C12H19NO2S/c1-10(9-16-2)11(14)8-13-7-5-3-4-6-12(13)15/h9H,3-8H2,1-2H3/b10-9+. The van der Waals surface area contributed by atoms with Crippen LogP contribution in [0, 0.1) is 0 Å². The van der Waals surface area contributed by atoms with Gasteiger partial charge in [0.15, 0.2) is 5.78 Å². The topological polar surface area (TPSA) is 37.4 Å². The van der Waals surface area contributed by atoms with Gasteiger partial charge in [0.2, 0.25) is 5.91 Å². The fourth-order valence-electron chi connectivity index (χ4n) is 1.75. The third-order valence-corrected chi connectivity index (χ3v) is 3.33. The first-order valence-corrected chi connectivity index (χ1v) is 6.94. The molecule has 1 heterocycles. The lowest BCUT2D eigenvalue weighted by molar-refractivity contribution is -0.134. The van der Waals surface area contributed by atoms with Gasteiger partial charge in [-0.05, 0) is 31.4 Å². The Morgan fingerprint density at radius 3 is 2.88 bits per heavy atom. The first-order valence-electron chi connectivity index (χ1n) is 5.65. The Morgan fingerprint density at radius 1 is 1.44 bits per heavy atom. The molecule has 0 aromatic heterocycles. The summed E-state index contributed by atoms with van der Waals surface area (Å²) in [5, 5.41) is 1.84. The minimum absolute atomic E-state index is 0.0598. The van der Waals surface area contributed by atoms with Crippen LogP contribution >= 0.6 is 11.8 Å². The Hall–Kier alpha value is -0.770. The number of thioether (sulfide) groups is 1. The number of ketones is 1. The van der Waals surface area contributed by atoms with Crippen LogP contribution in [0.15, 0.2) is 11.0 Å². The van der Waals surface area contributed by atoms with E-state index in [1.807, 2.05) is 11.7 Å². The molecule has 16 heavy (non-hydrogen) atoms. The zero-order valence-corrected chi connectivity index (χ0v) is 10.8. The molecule has 1 aliphatic heterocycles. The maximum Gasteiger partial charge on any atom is 0.222 e. The SMILES string of the molecule is CS/C=C(\C)C(=O)CN1CCCCCC1=O. The van der Waals surface area contributed by atoms with Gasteiger partial charge in [-0.2, -0.15) is 0 Å². The highest BCUT2D eigenvalue weighted by atomic mass is 32.2. The number of nitrogens with zero attached hydrogens (tertiary/aromatic N) is 1. The maximum absolute atomic E-state index is 11.8. The number of likely N-dealkylation sites (tertiary alicyclic amines) is 1. The van der Waals surface area contributed by atoms with Gasteiger partial charge in [0.25, 0.3) is 0 Å². The summed E-state index contributed by atoms with van der Waals surface area (Å²) < 4.78 is 0. The highest BCUT2D eigenvalue weighted by Crippen LogP contribution is 2.12. The zero-order chi connectivity index (χ0) is 12.0. The van der Waals surface area contributed by atoms with Crippen molar-refractivity contribution in [2.24, 2.45) is 0 Å². The van der Waals surface area contributed by atoms with Crippen molar-refractivity contribution < 1.29 is 9.59 Å². The summed E-state index contributed by atoms with van der Waals surface area (Å²) in [4.78, 5) is 25.2. The highest BCUT2D eigenvalue weighted by Gasteiger charge is 2.19.